The van der Waals surface area contributed by atoms with Crippen LogP contribution in [0, 0.1) is 5.82 Å². The number of para-hydroxylation sites is 1. The van der Waals surface area contributed by atoms with Gasteiger partial charge in [-0.15, -0.1) is 17.0 Å². The molecular weight excluding hydrogens is 445 g/mol. The second-order valence-electron chi connectivity index (χ2n) is 8.63. The maximum absolute atomic E-state index is 13.0. The molecule has 0 spiro atoms. The molecule has 0 N–H and O–H groups in total. The number of carbonyl (C=O) groups is 1. The van der Waals surface area contributed by atoms with Gasteiger partial charge in [-0.05, 0) is 55.3 Å². The predicted molar refractivity (Wildman–Crippen MR) is 125 cm³/mol. The molecule has 3 aliphatic heterocycles. The lowest BCUT2D eigenvalue weighted by Crippen LogP contribution is -2.49. The molecule has 0 aromatic heterocycles. The summed E-state index contributed by atoms with van der Waals surface area (Å²) in [4.78, 5) is 19.9. The number of halogens is 2. The highest BCUT2D eigenvalue weighted by Crippen LogP contribution is 2.50. The maximum Gasteiger partial charge on any atom is 0.162 e. The van der Waals surface area contributed by atoms with Crippen molar-refractivity contribution in [2.75, 3.05) is 49.6 Å². The van der Waals surface area contributed by atoms with Crippen molar-refractivity contribution in [2.24, 2.45) is 0 Å². The Hall–Kier alpha value is -1.92. The molecule has 5 rings (SSSR count). The van der Waals surface area contributed by atoms with Crippen LogP contribution in [0.3, 0.4) is 0 Å². The lowest BCUT2D eigenvalue weighted by molar-refractivity contribution is 0.0971. The van der Waals surface area contributed by atoms with Crippen molar-refractivity contribution >= 4 is 34.1 Å². The van der Waals surface area contributed by atoms with Gasteiger partial charge in [0.15, 0.2) is 5.78 Å². The highest BCUT2D eigenvalue weighted by atomic mass is 79.9. The molecule has 2 aromatic rings. The normalized spacial score (nSPS) is 22.3. The molecule has 1 fully saturated rings. The minimum atomic E-state index is -0.298. The zero-order valence-corrected chi connectivity index (χ0v) is 19.1. The van der Waals surface area contributed by atoms with Crippen molar-refractivity contribution in [3.8, 4) is 0 Å². The number of carbonyl (C=O) groups excluding carboxylic acids is 1. The Bertz CT molecular complexity index is 919. The summed E-state index contributed by atoms with van der Waals surface area (Å²) in [5, 5.41) is 0. The summed E-state index contributed by atoms with van der Waals surface area (Å²) in [6.07, 6.45) is 2.56. The Morgan fingerprint density at radius 3 is 2.70 bits per heavy atom. The van der Waals surface area contributed by atoms with Crippen LogP contribution in [0.4, 0.5) is 15.8 Å². The molecule has 30 heavy (non-hydrogen) atoms. The van der Waals surface area contributed by atoms with Crippen LogP contribution in [0.15, 0.2) is 42.5 Å². The van der Waals surface area contributed by atoms with Crippen LogP contribution in [0.5, 0.6) is 0 Å². The van der Waals surface area contributed by atoms with Crippen molar-refractivity contribution in [3.05, 3.63) is 59.4 Å². The topological polar surface area (TPSA) is 26.8 Å². The Morgan fingerprint density at radius 1 is 1.10 bits per heavy atom. The third kappa shape index (κ3) is 3.76. The Balaban J connectivity index is 0.00000218. The van der Waals surface area contributed by atoms with Crippen LogP contribution < -0.4 is 9.80 Å². The number of anilines is 2. The van der Waals surface area contributed by atoms with Crippen LogP contribution >= 0.6 is 17.0 Å². The third-order valence-corrected chi connectivity index (χ3v) is 6.93. The Labute approximate surface area is 188 Å². The molecule has 2 aromatic carbocycles. The van der Waals surface area contributed by atoms with E-state index in [9.17, 15) is 9.18 Å². The number of rotatable bonds is 5. The number of ketones is 1. The zero-order chi connectivity index (χ0) is 20.0. The van der Waals surface area contributed by atoms with E-state index in [-0.39, 0.29) is 28.6 Å². The van der Waals surface area contributed by atoms with Crippen LogP contribution in [0.1, 0.15) is 41.1 Å². The van der Waals surface area contributed by atoms with Gasteiger partial charge in [0.05, 0.1) is 11.4 Å². The summed E-state index contributed by atoms with van der Waals surface area (Å²) in [5.41, 5.74) is 4.95. The average molecular weight is 474 g/mol. The smallest absolute Gasteiger partial charge is 0.162 e. The van der Waals surface area contributed by atoms with Crippen LogP contribution in [0.2, 0.25) is 0 Å². The lowest BCUT2D eigenvalue weighted by atomic mass is 9.89. The van der Waals surface area contributed by atoms with Gasteiger partial charge in [0.2, 0.25) is 0 Å². The van der Waals surface area contributed by atoms with Crippen molar-refractivity contribution < 1.29 is 9.18 Å². The largest absolute Gasteiger partial charge is 0.371 e. The Morgan fingerprint density at radius 2 is 1.90 bits per heavy atom. The number of benzene rings is 2. The molecule has 4 nitrogen and oxygen atoms in total. The first-order valence-electron chi connectivity index (χ1n) is 10.7. The van der Waals surface area contributed by atoms with E-state index < -0.39 is 0 Å². The monoisotopic (exact) mass is 473 g/mol. The van der Waals surface area contributed by atoms with E-state index in [1.165, 1.54) is 35.5 Å². The number of likely N-dealkylation sites (N-methyl/N-ethyl adjacent to an activating group) is 1. The van der Waals surface area contributed by atoms with Gasteiger partial charge in [0.1, 0.15) is 5.82 Å². The maximum atomic E-state index is 13.0. The molecule has 2 atom stereocenters. The van der Waals surface area contributed by atoms with Gasteiger partial charge < -0.3 is 14.7 Å². The fraction of sp³-hybridized carbons (Fsp3) is 0.458. The van der Waals surface area contributed by atoms with E-state index in [0.29, 0.717) is 23.9 Å². The number of hydrogen-bond donors (Lipinski definition) is 0. The van der Waals surface area contributed by atoms with E-state index in [4.69, 9.17) is 0 Å². The summed E-state index contributed by atoms with van der Waals surface area (Å²) < 4.78 is 13.0. The van der Waals surface area contributed by atoms with Crippen LogP contribution in [-0.4, -0.2) is 56.5 Å². The highest BCUT2D eigenvalue weighted by Gasteiger charge is 2.44. The molecule has 0 aliphatic carbocycles. The summed E-state index contributed by atoms with van der Waals surface area (Å²) in [7, 11) is 2.19. The first-order valence-corrected chi connectivity index (χ1v) is 10.7. The lowest BCUT2D eigenvalue weighted by Gasteiger charge is -2.41. The first-order chi connectivity index (χ1) is 14.1. The van der Waals surface area contributed by atoms with E-state index >= 15 is 0 Å². The van der Waals surface area contributed by atoms with E-state index in [1.54, 1.807) is 12.1 Å². The van der Waals surface area contributed by atoms with E-state index in [1.807, 2.05) is 0 Å². The second kappa shape index (κ2) is 8.67. The molecule has 160 valence electrons. The zero-order valence-electron chi connectivity index (χ0n) is 17.4. The summed E-state index contributed by atoms with van der Waals surface area (Å²) in [6.45, 7) is 5.33. The standard InChI is InChI=1S/C24H28FN3O.BrH/c1-26-14-15-28-21-11-13-27(16-20(21)19-4-2-5-22(26)24(19)28)12-3-6-23(29)17-7-9-18(25)10-8-17;/h2,4-5,7-10,20-21H,3,6,11-16H2,1H3;1H/t20-,21-;/m0./s1. The number of likely N-dealkylation sites (tertiary alicyclic amines) is 1. The van der Waals surface area contributed by atoms with Gasteiger partial charge in [-0.25, -0.2) is 4.39 Å². The van der Waals surface area contributed by atoms with Gasteiger partial charge >= 0.3 is 0 Å². The SMILES string of the molecule is Br.CN1CCN2c3c(cccc31)[C@@H]1CN(CCCC(=O)c3ccc(F)cc3)CC[C@@H]12. The molecule has 3 aliphatic rings. The van der Waals surface area contributed by atoms with E-state index in [0.717, 1.165) is 39.1 Å². The predicted octanol–water partition coefficient (Wildman–Crippen LogP) is 4.49. The minimum absolute atomic E-state index is 0. The molecule has 0 unspecified atom stereocenters. The van der Waals surface area contributed by atoms with Gasteiger partial charge in [-0.1, -0.05) is 12.1 Å². The molecule has 0 saturated carbocycles. The van der Waals surface area contributed by atoms with Crippen molar-refractivity contribution in [3.63, 3.8) is 0 Å². The van der Waals surface area contributed by atoms with Crippen molar-refractivity contribution in [1.29, 1.82) is 0 Å². The number of Topliss-reactive ketones (excluding diaryl/α,β-unsaturated/α-hetero) is 1. The van der Waals surface area contributed by atoms with Gasteiger partial charge in [0, 0.05) is 57.2 Å². The van der Waals surface area contributed by atoms with Gasteiger partial charge in [-0.2, -0.15) is 0 Å². The van der Waals surface area contributed by atoms with Crippen LogP contribution in [0.25, 0.3) is 0 Å². The fourth-order valence-electron chi connectivity index (χ4n) is 5.42. The molecule has 0 amide bonds. The molecule has 0 bridgehead atoms. The first kappa shape index (κ1) is 21.3. The highest BCUT2D eigenvalue weighted by molar-refractivity contribution is 8.93. The number of piperidine rings is 1. The third-order valence-electron chi connectivity index (χ3n) is 6.93. The van der Waals surface area contributed by atoms with Gasteiger partial charge in [-0.3, -0.25) is 4.79 Å². The van der Waals surface area contributed by atoms with Crippen molar-refractivity contribution in [1.82, 2.24) is 4.90 Å². The average Bonchev–Trinajstić information content (AvgIpc) is 3.06. The molecular formula is C24H29BrFN3O. The quantitative estimate of drug-likeness (QED) is 0.597. The van der Waals surface area contributed by atoms with Crippen LogP contribution in [-0.2, 0) is 0 Å². The van der Waals surface area contributed by atoms with Crippen molar-refractivity contribution in [2.45, 2.75) is 31.2 Å². The molecule has 0 radical (unpaired) electrons. The molecule has 6 heteroatoms. The number of fused-ring (bicyclic) bond motifs is 3. The summed E-state index contributed by atoms with van der Waals surface area (Å²) in [5.74, 6) is 0.377. The van der Waals surface area contributed by atoms with Gasteiger partial charge in [0.25, 0.3) is 0 Å². The molecule has 1 saturated heterocycles. The number of hydrogen-bond acceptors (Lipinski definition) is 4. The molecule has 3 heterocycles. The Kier molecular flexibility index (Phi) is 6.16. The van der Waals surface area contributed by atoms with E-state index in [2.05, 4.69) is 39.9 Å². The minimum Gasteiger partial charge on any atom is -0.371 e. The fourth-order valence-corrected chi connectivity index (χ4v) is 5.42. The number of nitrogens with zero attached hydrogens (tertiary/aromatic N) is 3. The summed E-state index contributed by atoms with van der Waals surface area (Å²) in [6, 6.07) is 13.3. The summed E-state index contributed by atoms with van der Waals surface area (Å²) >= 11 is 0. The second-order valence-corrected chi connectivity index (χ2v) is 8.63.